The van der Waals surface area contributed by atoms with E-state index >= 15 is 0 Å². The van der Waals surface area contributed by atoms with Crippen LogP contribution in [0.25, 0.3) is 10.9 Å². The molecular formula is C34H40F3N7O3. The average Bonchev–Trinajstić information content (AvgIpc) is 3.55. The summed E-state index contributed by atoms with van der Waals surface area (Å²) in [6, 6.07) is 5.58. The smallest absolute Gasteiger partial charge is 0.361 e. The number of H-pyrrole nitrogens is 1. The Morgan fingerprint density at radius 3 is 2.55 bits per heavy atom. The summed E-state index contributed by atoms with van der Waals surface area (Å²) in [5, 5.41) is 6.40. The highest BCUT2D eigenvalue weighted by atomic mass is 19.4. The number of halogens is 3. The Labute approximate surface area is 271 Å². The van der Waals surface area contributed by atoms with Gasteiger partial charge in [-0.25, -0.2) is 4.98 Å². The lowest BCUT2D eigenvalue weighted by molar-refractivity contribution is -0.135. The molecule has 10 nitrogen and oxygen atoms in total. The number of carbonyl (C=O) groups excluding carboxylic acids is 3. The molecule has 1 saturated heterocycles. The Morgan fingerprint density at radius 2 is 1.85 bits per heavy atom. The number of fused-ring (bicyclic) bond motifs is 1. The molecular weight excluding hydrogens is 611 g/mol. The Bertz CT molecular complexity index is 1720. The van der Waals surface area contributed by atoms with Gasteiger partial charge in [0.1, 0.15) is 12.1 Å². The molecule has 3 heterocycles. The van der Waals surface area contributed by atoms with Crippen LogP contribution in [0.4, 0.5) is 19.0 Å². The molecule has 13 heteroatoms. The first kappa shape index (κ1) is 33.7. The number of likely N-dealkylation sites (tertiary alicyclic amines) is 1. The molecule has 47 heavy (non-hydrogen) atoms. The van der Waals surface area contributed by atoms with E-state index in [1.807, 2.05) is 24.3 Å². The predicted octanol–water partition coefficient (Wildman–Crippen LogP) is 4.94. The number of amides is 3. The van der Waals surface area contributed by atoms with Gasteiger partial charge in [-0.2, -0.15) is 13.2 Å². The van der Waals surface area contributed by atoms with Crippen molar-refractivity contribution in [1.82, 2.24) is 24.8 Å². The number of rotatable bonds is 9. The van der Waals surface area contributed by atoms with E-state index in [-0.39, 0.29) is 24.6 Å². The van der Waals surface area contributed by atoms with E-state index in [9.17, 15) is 27.6 Å². The molecule has 3 aromatic rings. The van der Waals surface area contributed by atoms with Crippen molar-refractivity contribution in [3.05, 3.63) is 84.0 Å². The largest absolute Gasteiger partial charge is 0.416 e. The van der Waals surface area contributed by atoms with Crippen LogP contribution in [0.5, 0.6) is 0 Å². The standard InChI is InChI=1S/C34H40F3N7O3/c1-21-13-15-43(16-14-21)31(46)29(22-7-6-8-24(12-11-22)34(35,36)37)44-19-28(40-20-44)42-30(45)27(41-32(47)33(2,3)38)17-23-18-39-26-10-5-4-9-25(23)26/h4-6,8-12,18-21,27,29,39H,7,13-17,38H2,1-3H3,(H,41,47)(H,42,45). The van der Waals surface area contributed by atoms with Crippen molar-refractivity contribution >= 4 is 34.4 Å². The van der Waals surface area contributed by atoms with Crippen LogP contribution in [-0.4, -0.2) is 68.0 Å². The summed E-state index contributed by atoms with van der Waals surface area (Å²) in [7, 11) is 0. The molecule has 1 fully saturated rings. The zero-order valence-corrected chi connectivity index (χ0v) is 26.6. The van der Waals surface area contributed by atoms with Crippen molar-refractivity contribution in [3.63, 3.8) is 0 Å². The number of imidazole rings is 1. The van der Waals surface area contributed by atoms with Crippen molar-refractivity contribution in [2.75, 3.05) is 18.4 Å². The topological polar surface area (TPSA) is 138 Å². The van der Waals surface area contributed by atoms with E-state index < -0.39 is 41.2 Å². The van der Waals surface area contributed by atoms with E-state index in [4.69, 9.17) is 5.73 Å². The van der Waals surface area contributed by atoms with Crippen LogP contribution in [0.1, 0.15) is 51.6 Å². The Morgan fingerprint density at radius 1 is 1.13 bits per heavy atom. The molecule has 5 rings (SSSR count). The predicted molar refractivity (Wildman–Crippen MR) is 173 cm³/mol. The van der Waals surface area contributed by atoms with Crippen molar-refractivity contribution in [1.29, 1.82) is 0 Å². The number of piperidine rings is 1. The lowest BCUT2D eigenvalue weighted by Gasteiger charge is -2.34. The molecule has 1 aliphatic carbocycles. The third-order valence-corrected chi connectivity index (χ3v) is 8.59. The number of nitrogens with one attached hydrogen (secondary N) is 3. The summed E-state index contributed by atoms with van der Waals surface area (Å²) in [6.07, 6.45) is 6.76. The quantitative estimate of drug-likeness (QED) is 0.260. The molecule has 5 N–H and O–H groups in total. The molecule has 3 amide bonds. The summed E-state index contributed by atoms with van der Waals surface area (Å²) in [6.45, 7) is 6.27. The molecule has 2 aromatic heterocycles. The van der Waals surface area contributed by atoms with Gasteiger partial charge in [0, 0.05) is 42.8 Å². The molecule has 2 unspecified atom stereocenters. The lowest BCUT2D eigenvalue weighted by Crippen LogP contribution is -2.55. The maximum atomic E-state index is 14.0. The normalized spacial score (nSPS) is 17.5. The number of alkyl halides is 3. The molecule has 0 bridgehead atoms. The van der Waals surface area contributed by atoms with Crippen molar-refractivity contribution in [2.24, 2.45) is 11.7 Å². The van der Waals surface area contributed by atoms with Crippen molar-refractivity contribution in [2.45, 2.75) is 70.3 Å². The Kier molecular flexibility index (Phi) is 9.76. The zero-order chi connectivity index (χ0) is 33.9. The van der Waals surface area contributed by atoms with E-state index in [1.54, 1.807) is 11.1 Å². The second-order valence-corrected chi connectivity index (χ2v) is 12.9. The van der Waals surface area contributed by atoms with E-state index in [0.717, 1.165) is 41.5 Å². The highest BCUT2D eigenvalue weighted by molar-refractivity contribution is 5.98. The fourth-order valence-corrected chi connectivity index (χ4v) is 5.74. The number of nitrogens with two attached hydrogens (primary N) is 1. The number of aromatic nitrogens is 3. The van der Waals surface area contributed by atoms with E-state index in [2.05, 4.69) is 27.5 Å². The van der Waals surface area contributed by atoms with E-state index in [1.165, 1.54) is 43.1 Å². The summed E-state index contributed by atoms with van der Waals surface area (Å²) >= 11 is 0. The maximum absolute atomic E-state index is 14.0. The van der Waals surface area contributed by atoms with Crippen molar-refractivity contribution in [3.8, 4) is 0 Å². The summed E-state index contributed by atoms with van der Waals surface area (Å²) < 4.78 is 41.9. The first-order valence-electron chi connectivity index (χ1n) is 15.6. The van der Waals surface area contributed by atoms with Gasteiger partial charge in [0.05, 0.1) is 17.4 Å². The van der Waals surface area contributed by atoms with Crippen LogP contribution in [0, 0.1) is 5.92 Å². The monoisotopic (exact) mass is 651 g/mol. The summed E-state index contributed by atoms with van der Waals surface area (Å²) in [5.41, 5.74) is 6.09. The molecule has 1 aromatic carbocycles. The molecule has 0 saturated carbocycles. The zero-order valence-electron chi connectivity index (χ0n) is 26.6. The summed E-state index contributed by atoms with van der Waals surface area (Å²) in [5.74, 6) is -0.760. The highest BCUT2D eigenvalue weighted by Gasteiger charge is 2.35. The molecule has 1 aliphatic heterocycles. The number of aromatic amines is 1. The second-order valence-electron chi connectivity index (χ2n) is 12.9. The van der Waals surface area contributed by atoms with Gasteiger partial charge in [0.2, 0.25) is 17.7 Å². The van der Waals surface area contributed by atoms with Crippen LogP contribution >= 0.6 is 0 Å². The lowest BCUT2D eigenvalue weighted by atomic mass is 9.96. The number of benzene rings is 1. The number of hydrogen-bond donors (Lipinski definition) is 4. The number of carbonyl (C=O) groups is 3. The van der Waals surface area contributed by atoms with Crippen LogP contribution in [0.2, 0.25) is 0 Å². The first-order chi connectivity index (χ1) is 22.2. The van der Waals surface area contributed by atoms with Crippen LogP contribution in [-0.2, 0) is 20.8 Å². The van der Waals surface area contributed by atoms with Crippen LogP contribution < -0.4 is 16.4 Å². The van der Waals surface area contributed by atoms with Gasteiger partial charge in [-0.1, -0.05) is 43.4 Å². The molecule has 2 aliphatic rings. The van der Waals surface area contributed by atoms with Gasteiger partial charge in [-0.15, -0.1) is 0 Å². The van der Waals surface area contributed by atoms with Crippen LogP contribution in [0.3, 0.4) is 0 Å². The van der Waals surface area contributed by atoms with Gasteiger partial charge in [0.15, 0.2) is 5.82 Å². The third kappa shape index (κ3) is 8.02. The number of para-hydroxylation sites is 1. The number of nitrogens with zero attached hydrogens (tertiary/aromatic N) is 3. The number of hydrogen-bond acceptors (Lipinski definition) is 5. The fraction of sp³-hybridized carbons (Fsp3) is 0.412. The fourth-order valence-electron chi connectivity index (χ4n) is 5.74. The second kappa shape index (κ2) is 13.6. The summed E-state index contributed by atoms with van der Waals surface area (Å²) in [4.78, 5) is 49.7. The van der Waals surface area contributed by atoms with Gasteiger partial charge < -0.3 is 30.8 Å². The van der Waals surface area contributed by atoms with Gasteiger partial charge in [0.25, 0.3) is 0 Å². The minimum atomic E-state index is -4.53. The molecule has 250 valence electrons. The van der Waals surface area contributed by atoms with Gasteiger partial charge >= 0.3 is 6.18 Å². The first-order valence-corrected chi connectivity index (χ1v) is 15.6. The van der Waals surface area contributed by atoms with E-state index in [0.29, 0.717) is 24.6 Å². The molecule has 2 atom stereocenters. The minimum Gasteiger partial charge on any atom is -0.361 e. The van der Waals surface area contributed by atoms with Crippen LogP contribution in [0.15, 0.2) is 78.4 Å². The third-order valence-electron chi connectivity index (χ3n) is 8.59. The SMILES string of the molecule is CC1CCN(C(=O)C(C2=CC=C(C(F)(F)F)C=CC2)n2cnc(NC(=O)C(Cc3c[nH]c4ccccc34)NC(=O)C(C)(C)N)c2)CC1. The van der Waals surface area contributed by atoms with Crippen molar-refractivity contribution < 1.29 is 27.6 Å². The average molecular weight is 652 g/mol. The van der Waals surface area contributed by atoms with Gasteiger partial charge in [-0.3, -0.25) is 14.4 Å². The van der Waals surface area contributed by atoms with Gasteiger partial charge in [-0.05, 0) is 62.3 Å². The number of anilines is 1. The number of allylic oxidation sites excluding steroid dienone is 5. The maximum Gasteiger partial charge on any atom is 0.416 e. The highest BCUT2D eigenvalue weighted by Crippen LogP contribution is 2.33. The molecule has 0 spiro atoms. The minimum absolute atomic E-state index is 0.113. The Hall–Kier alpha value is -4.65. The Balaban J connectivity index is 1.42. The molecule has 0 radical (unpaired) electrons.